The molecule has 0 aliphatic heterocycles. The summed E-state index contributed by atoms with van der Waals surface area (Å²) in [7, 11) is 0. The van der Waals surface area contributed by atoms with Gasteiger partial charge in [-0.1, -0.05) is 19.1 Å². The molecule has 0 saturated carbocycles. The van der Waals surface area contributed by atoms with E-state index in [9.17, 15) is 9.18 Å². The number of hydrogen-bond acceptors (Lipinski definition) is 1. The monoisotopic (exact) mass is 282 g/mol. The number of aryl methyl sites for hydroxylation is 1. The van der Waals surface area contributed by atoms with Crippen molar-refractivity contribution in [3.8, 4) is 0 Å². The third-order valence-electron chi connectivity index (χ3n) is 3.45. The number of nitrogens with one attached hydrogen (secondary N) is 2. The zero-order chi connectivity index (χ0) is 14.8. The van der Waals surface area contributed by atoms with Gasteiger partial charge in [-0.05, 0) is 48.4 Å². The molecule has 1 amide bonds. The first kappa shape index (κ1) is 13.4. The number of carbonyl (C=O) groups is 1. The fraction of sp³-hybridized carbons (Fsp3) is 0.118. The number of rotatable bonds is 3. The van der Waals surface area contributed by atoms with E-state index >= 15 is 0 Å². The Kier molecular flexibility index (Phi) is 3.44. The highest BCUT2D eigenvalue weighted by atomic mass is 19.1. The Bertz CT molecular complexity index is 790. The summed E-state index contributed by atoms with van der Waals surface area (Å²) in [5.41, 5.74) is 3.11. The minimum Gasteiger partial charge on any atom is -0.351 e. The standard InChI is InChI=1S/C17H15FN2O/c1-2-11-3-6-14(7-4-11)19-17(21)16-10-12-9-13(18)5-8-15(12)20-16/h3-10,20H,2H2,1H3,(H,19,21). The molecular formula is C17H15FN2O. The lowest BCUT2D eigenvalue weighted by molar-refractivity contribution is 0.102. The van der Waals surface area contributed by atoms with Gasteiger partial charge in [0.25, 0.3) is 5.91 Å². The smallest absolute Gasteiger partial charge is 0.272 e. The van der Waals surface area contributed by atoms with Crippen LogP contribution in [0.25, 0.3) is 10.9 Å². The summed E-state index contributed by atoms with van der Waals surface area (Å²) in [6, 6.07) is 13.7. The van der Waals surface area contributed by atoms with E-state index in [1.54, 1.807) is 12.1 Å². The molecule has 3 rings (SSSR count). The molecule has 1 heterocycles. The summed E-state index contributed by atoms with van der Waals surface area (Å²) in [6.07, 6.45) is 0.960. The van der Waals surface area contributed by atoms with Gasteiger partial charge in [-0.3, -0.25) is 4.79 Å². The SMILES string of the molecule is CCc1ccc(NC(=O)c2cc3cc(F)ccc3[nH]2)cc1. The molecule has 0 aliphatic carbocycles. The number of hydrogen-bond donors (Lipinski definition) is 2. The van der Waals surface area contributed by atoms with Crippen molar-refractivity contribution in [2.45, 2.75) is 13.3 Å². The normalized spacial score (nSPS) is 10.8. The molecule has 4 heteroatoms. The second-order valence-corrected chi connectivity index (χ2v) is 4.92. The van der Waals surface area contributed by atoms with Crippen LogP contribution in [0.1, 0.15) is 23.0 Å². The molecule has 0 spiro atoms. The molecule has 0 atom stereocenters. The second kappa shape index (κ2) is 5.40. The van der Waals surface area contributed by atoms with E-state index in [0.717, 1.165) is 17.6 Å². The first-order valence-electron chi connectivity index (χ1n) is 6.84. The Morgan fingerprint density at radius 1 is 1.14 bits per heavy atom. The van der Waals surface area contributed by atoms with Crippen molar-refractivity contribution in [3.63, 3.8) is 0 Å². The van der Waals surface area contributed by atoms with E-state index in [4.69, 9.17) is 0 Å². The Hall–Kier alpha value is -2.62. The largest absolute Gasteiger partial charge is 0.351 e. The van der Waals surface area contributed by atoms with E-state index in [0.29, 0.717) is 11.1 Å². The lowest BCUT2D eigenvalue weighted by Gasteiger charge is -2.04. The summed E-state index contributed by atoms with van der Waals surface area (Å²) in [5, 5.41) is 3.50. The second-order valence-electron chi connectivity index (χ2n) is 4.92. The number of aromatic nitrogens is 1. The summed E-state index contributed by atoms with van der Waals surface area (Å²) in [5.74, 6) is -0.556. The fourth-order valence-electron chi connectivity index (χ4n) is 2.25. The van der Waals surface area contributed by atoms with Crippen molar-refractivity contribution in [3.05, 3.63) is 65.6 Å². The van der Waals surface area contributed by atoms with Crippen molar-refractivity contribution in [1.29, 1.82) is 0 Å². The van der Waals surface area contributed by atoms with E-state index < -0.39 is 0 Å². The molecule has 1 aromatic heterocycles. The molecular weight excluding hydrogens is 267 g/mol. The third kappa shape index (κ3) is 2.79. The first-order chi connectivity index (χ1) is 10.2. The van der Waals surface area contributed by atoms with Gasteiger partial charge in [-0.2, -0.15) is 0 Å². The van der Waals surface area contributed by atoms with Crippen molar-refractivity contribution < 1.29 is 9.18 Å². The molecule has 0 bridgehead atoms. The summed E-state index contributed by atoms with van der Waals surface area (Å²) in [6.45, 7) is 2.08. The van der Waals surface area contributed by atoms with Gasteiger partial charge in [0.1, 0.15) is 11.5 Å². The highest BCUT2D eigenvalue weighted by molar-refractivity contribution is 6.05. The van der Waals surface area contributed by atoms with Crippen LogP contribution < -0.4 is 5.32 Å². The Morgan fingerprint density at radius 2 is 1.90 bits per heavy atom. The van der Waals surface area contributed by atoms with Gasteiger partial charge in [0.15, 0.2) is 0 Å². The number of halogens is 1. The van der Waals surface area contributed by atoms with E-state index in [1.165, 1.54) is 17.7 Å². The van der Waals surface area contributed by atoms with Crippen molar-refractivity contribution in [2.75, 3.05) is 5.32 Å². The van der Waals surface area contributed by atoms with E-state index in [1.807, 2.05) is 24.3 Å². The summed E-state index contributed by atoms with van der Waals surface area (Å²) >= 11 is 0. The summed E-state index contributed by atoms with van der Waals surface area (Å²) < 4.78 is 13.2. The van der Waals surface area contributed by atoms with Gasteiger partial charge < -0.3 is 10.3 Å². The highest BCUT2D eigenvalue weighted by Crippen LogP contribution is 2.18. The maximum Gasteiger partial charge on any atom is 0.272 e. The quantitative estimate of drug-likeness (QED) is 0.745. The molecule has 0 fully saturated rings. The number of benzene rings is 2. The molecule has 3 aromatic rings. The van der Waals surface area contributed by atoms with E-state index in [2.05, 4.69) is 17.2 Å². The first-order valence-corrected chi connectivity index (χ1v) is 6.84. The zero-order valence-corrected chi connectivity index (χ0v) is 11.6. The van der Waals surface area contributed by atoms with E-state index in [-0.39, 0.29) is 11.7 Å². The van der Waals surface area contributed by atoms with Crippen molar-refractivity contribution in [2.24, 2.45) is 0 Å². The maximum absolute atomic E-state index is 13.2. The highest BCUT2D eigenvalue weighted by Gasteiger charge is 2.10. The lowest BCUT2D eigenvalue weighted by Crippen LogP contribution is -2.12. The molecule has 106 valence electrons. The molecule has 0 aliphatic rings. The van der Waals surface area contributed by atoms with Crippen LogP contribution in [-0.2, 0) is 6.42 Å². The number of anilines is 1. The Balaban J connectivity index is 1.82. The number of H-pyrrole nitrogens is 1. The zero-order valence-electron chi connectivity index (χ0n) is 11.6. The number of fused-ring (bicyclic) bond motifs is 1. The van der Waals surface area contributed by atoms with Gasteiger partial charge in [-0.15, -0.1) is 0 Å². The van der Waals surface area contributed by atoms with Crippen LogP contribution in [0.2, 0.25) is 0 Å². The minimum absolute atomic E-state index is 0.240. The predicted molar refractivity (Wildman–Crippen MR) is 82.0 cm³/mol. The van der Waals surface area contributed by atoms with Crippen LogP contribution in [0.3, 0.4) is 0 Å². The maximum atomic E-state index is 13.2. The topological polar surface area (TPSA) is 44.9 Å². The third-order valence-corrected chi connectivity index (χ3v) is 3.45. The van der Waals surface area contributed by atoms with Gasteiger partial charge in [0.05, 0.1) is 0 Å². The Morgan fingerprint density at radius 3 is 2.62 bits per heavy atom. The number of aromatic amines is 1. The van der Waals surface area contributed by atoms with Crippen molar-refractivity contribution in [1.82, 2.24) is 4.98 Å². The van der Waals surface area contributed by atoms with Gasteiger partial charge >= 0.3 is 0 Å². The minimum atomic E-state index is -0.316. The number of carbonyl (C=O) groups excluding carboxylic acids is 1. The molecule has 0 saturated heterocycles. The van der Waals surface area contributed by atoms with Crippen molar-refractivity contribution >= 4 is 22.5 Å². The van der Waals surface area contributed by atoms with Gasteiger partial charge in [0, 0.05) is 16.6 Å². The predicted octanol–water partition coefficient (Wildman–Crippen LogP) is 4.12. The molecule has 2 aromatic carbocycles. The Labute approximate surface area is 121 Å². The van der Waals surface area contributed by atoms with Gasteiger partial charge in [-0.25, -0.2) is 4.39 Å². The summed E-state index contributed by atoms with van der Waals surface area (Å²) in [4.78, 5) is 15.2. The molecule has 21 heavy (non-hydrogen) atoms. The number of amides is 1. The fourth-order valence-corrected chi connectivity index (χ4v) is 2.25. The van der Waals surface area contributed by atoms with Crippen LogP contribution in [-0.4, -0.2) is 10.9 Å². The van der Waals surface area contributed by atoms with Crippen LogP contribution in [0, 0.1) is 5.82 Å². The molecule has 0 radical (unpaired) electrons. The van der Waals surface area contributed by atoms with Crippen LogP contribution in [0.5, 0.6) is 0 Å². The molecule has 0 unspecified atom stereocenters. The average Bonchev–Trinajstić information content (AvgIpc) is 2.91. The van der Waals surface area contributed by atoms with Crippen LogP contribution in [0.4, 0.5) is 10.1 Å². The van der Waals surface area contributed by atoms with Gasteiger partial charge in [0.2, 0.25) is 0 Å². The van der Waals surface area contributed by atoms with Crippen LogP contribution >= 0.6 is 0 Å². The lowest BCUT2D eigenvalue weighted by atomic mass is 10.1. The average molecular weight is 282 g/mol. The van der Waals surface area contributed by atoms with Crippen LogP contribution in [0.15, 0.2) is 48.5 Å². The molecule has 2 N–H and O–H groups in total. The molecule has 3 nitrogen and oxygen atoms in total.